The molecule has 1 aromatic heterocycles. The van der Waals surface area contributed by atoms with Gasteiger partial charge < -0.3 is 20.3 Å². The number of piperidine rings is 1. The Balaban J connectivity index is 1.27. The normalized spacial score (nSPS) is 17.5. The zero-order valence-corrected chi connectivity index (χ0v) is 21.6. The van der Waals surface area contributed by atoms with Crippen LogP contribution in [0.2, 0.25) is 0 Å². The lowest BCUT2D eigenvalue weighted by Gasteiger charge is -2.32. The van der Waals surface area contributed by atoms with Crippen LogP contribution in [0.5, 0.6) is 0 Å². The number of fused-ring (bicyclic) bond motifs is 1. The van der Waals surface area contributed by atoms with Gasteiger partial charge in [-0.25, -0.2) is 14.8 Å². The van der Waals surface area contributed by atoms with Crippen LogP contribution < -0.4 is 10.6 Å². The van der Waals surface area contributed by atoms with Crippen molar-refractivity contribution < 1.29 is 14.3 Å². The molecule has 194 valence electrons. The predicted octanol–water partition coefficient (Wildman–Crippen LogP) is 5.31. The van der Waals surface area contributed by atoms with Gasteiger partial charge >= 0.3 is 6.09 Å². The Morgan fingerprint density at radius 2 is 1.97 bits per heavy atom. The molecule has 2 aliphatic rings. The number of ether oxygens (including phenoxy) is 1. The zero-order chi connectivity index (χ0) is 25.8. The minimum absolute atomic E-state index is 0.0147. The SMILES string of the molecule is CCCCOC(=O)N1CCCC(Nc2ncc3cc(-c4cc(C(=O)NC5CC5)ccc4C)ccc3n2)C1. The molecular weight excluding hydrogens is 466 g/mol. The molecule has 1 aliphatic carbocycles. The standard InChI is InChI=1S/C29H35N5O3/c1-3-4-14-37-29(36)34-13-5-6-24(18-34)32-28-30-17-22-15-20(9-12-26(22)33-28)25-16-21(8-7-19(25)2)27(35)31-23-10-11-23/h7-9,12,15-17,23-24H,3-6,10-11,13-14,18H2,1-2H3,(H,31,35)(H,30,32,33). The molecule has 2 aromatic carbocycles. The van der Waals surface area contributed by atoms with Crippen molar-refractivity contribution in [2.45, 2.75) is 64.5 Å². The Bertz CT molecular complexity index is 1290. The summed E-state index contributed by atoms with van der Waals surface area (Å²) >= 11 is 0. The molecule has 8 heteroatoms. The largest absolute Gasteiger partial charge is 0.449 e. The van der Waals surface area contributed by atoms with Crippen LogP contribution in [0.4, 0.5) is 10.7 Å². The van der Waals surface area contributed by atoms with Crippen LogP contribution >= 0.6 is 0 Å². The Kier molecular flexibility index (Phi) is 7.53. The van der Waals surface area contributed by atoms with Gasteiger partial charge in [-0.3, -0.25) is 4.79 Å². The second-order valence-corrected chi connectivity index (χ2v) is 10.1. The molecule has 1 atom stereocenters. The van der Waals surface area contributed by atoms with E-state index in [4.69, 9.17) is 9.72 Å². The predicted molar refractivity (Wildman–Crippen MR) is 145 cm³/mol. The van der Waals surface area contributed by atoms with E-state index < -0.39 is 0 Å². The molecule has 1 saturated heterocycles. The fraction of sp³-hybridized carbons (Fsp3) is 0.448. The number of carbonyl (C=O) groups is 2. The number of hydrogen-bond donors (Lipinski definition) is 2. The van der Waals surface area contributed by atoms with Gasteiger partial charge in [-0.15, -0.1) is 0 Å². The zero-order valence-electron chi connectivity index (χ0n) is 21.6. The first-order valence-electron chi connectivity index (χ1n) is 13.4. The highest BCUT2D eigenvalue weighted by Crippen LogP contribution is 2.28. The minimum Gasteiger partial charge on any atom is -0.449 e. The summed E-state index contributed by atoms with van der Waals surface area (Å²) in [7, 11) is 0. The Hall–Kier alpha value is -3.68. The van der Waals surface area contributed by atoms with E-state index >= 15 is 0 Å². The van der Waals surface area contributed by atoms with Crippen LogP contribution in [0.1, 0.15) is 61.4 Å². The van der Waals surface area contributed by atoms with Gasteiger partial charge in [0.25, 0.3) is 5.91 Å². The van der Waals surface area contributed by atoms with Crippen molar-refractivity contribution in [2.24, 2.45) is 0 Å². The monoisotopic (exact) mass is 501 g/mol. The highest BCUT2D eigenvalue weighted by atomic mass is 16.6. The number of aryl methyl sites for hydroxylation is 1. The van der Waals surface area contributed by atoms with E-state index in [0.29, 0.717) is 37.3 Å². The van der Waals surface area contributed by atoms with E-state index in [1.54, 1.807) is 4.90 Å². The summed E-state index contributed by atoms with van der Waals surface area (Å²) in [6.45, 7) is 5.90. The molecule has 5 rings (SSSR count). The third-order valence-electron chi connectivity index (χ3n) is 7.04. The summed E-state index contributed by atoms with van der Waals surface area (Å²) in [6, 6.07) is 12.4. The van der Waals surface area contributed by atoms with Crippen LogP contribution in [0, 0.1) is 6.92 Å². The summed E-state index contributed by atoms with van der Waals surface area (Å²) in [6.07, 6.45) is 7.46. The average molecular weight is 502 g/mol. The maximum absolute atomic E-state index is 12.6. The number of rotatable bonds is 8. The van der Waals surface area contributed by atoms with Crippen LogP contribution in [-0.2, 0) is 4.74 Å². The van der Waals surface area contributed by atoms with Crippen LogP contribution in [0.3, 0.4) is 0 Å². The highest BCUT2D eigenvalue weighted by molar-refractivity contribution is 5.96. The van der Waals surface area contributed by atoms with E-state index in [1.807, 2.05) is 36.5 Å². The Morgan fingerprint density at radius 1 is 1.11 bits per heavy atom. The first kappa shape index (κ1) is 25.0. The van der Waals surface area contributed by atoms with E-state index in [-0.39, 0.29) is 18.0 Å². The van der Waals surface area contributed by atoms with E-state index in [9.17, 15) is 9.59 Å². The number of nitrogens with zero attached hydrogens (tertiary/aromatic N) is 3. The number of benzene rings is 2. The molecule has 3 aromatic rings. The van der Waals surface area contributed by atoms with Crippen LogP contribution in [0.15, 0.2) is 42.6 Å². The van der Waals surface area contributed by atoms with Gasteiger partial charge in [0, 0.05) is 42.3 Å². The van der Waals surface area contributed by atoms with Crippen molar-refractivity contribution in [3.8, 4) is 11.1 Å². The second kappa shape index (κ2) is 11.2. The molecule has 2 heterocycles. The minimum atomic E-state index is -0.240. The van der Waals surface area contributed by atoms with Crippen molar-refractivity contribution in [3.63, 3.8) is 0 Å². The fourth-order valence-corrected chi connectivity index (χ4v) is 4.68. The quantitative estimate of drug-likeness (QED) is 0.406. The highest BCUT2D eigenvalue weighted by Gasteiger charge is 2.26. The number of unbranched alkanes of at least 4 members (excludes halogenated alkanes) is 1. The molecule has 1 aliphatic heterocycles. The maximum Gasteiger partial charge on any atom is 0.409 e. The molecule has 8 nitrogen and oxygen atoms in total. The lowest BCUT2D eigenvalue weighted by molar-refractivity contribution is 0.0918. The van der Waals surface area contributed by atoms with Gasteiger partial charge in [0.2, 0.25) is 5.95 Å². The topological polar surface area (TPSA) is 96.5 Å². The number of amides is 2. The van der Waals surface area contributed by atoms with Crippen molar-refractivity contribution in [1.82, 2.24) is 20.2 Å². The lowest BCUT2D eigenvalue weighted by atomic mass is 9.97. The van der Waals surface area contributed by atoms with Gasteiger partial charge in [-0.1, -0.05) is 25.5 Å². The van der Waals surface area contributed by atoms with Crippen LogP contribution in [-0.4, -0.2) is 58.6 Å². The Morgan fingerprint density at radius 3 is 2.78 bits per heavy atom. The summed E-state index contributed by atoms with van der Waals surface area (Å²) in [4.78, 5) is 35.9. The van der Waals surface area contributed by atoms with Crippen molar-refractivity contribution in [2.75, 3.05) is 25.0 Å². The fourth-order valence-electron chi connectivity index (χ4n) is 4.68. The summed E-state index contributed by atoms with van der Waals surface area (Å²) in [5.41, 5.74) is 4.68. The maximum atomic E-state index is 12.6. The van der Waals surface area contributed by atoms with Crippen LogP contribution in [0.25, 0.3) is 22.0 Å². The van der Waals surface area contributed by atoms with E-state index in [2.05, 4.69) is 35.5 Å². The molecule has 0 spiro atoms. The molecule has 1 saturated carbocycles. The lowest BCUT2D eigenvalue weighted by Crippen LogP contribution is -2.45. The van der Waals surface area contributed by atoms with E-state index in [1.165, 1.54) is 0 Å². The summed E-state index contributed by atoms with van der Waals surface area (Å²) in [5.74, 6) is 0.542. The van der Waals surface area contributed by atoms with Gasteiger partial charge in [0.05, 0.1) is 12.1 Å². The molecule has 2 amide bonds. The third kappa shape index (κ3) is 6.18. The van der Waals surface area contributed by atoms with Crippen molar-refractivity contribution in [1.29, 1.82) is 0 Å². The first-order chi connectivity index (χ1) is 18.0. The second-order valence-electron chi connectivity index (χ2n) is 10.1. The summed E-state index contributed by atoms with van der Waals surface area (Å²) < 4.78 is 5.38. The molecule has 2 N–H and O–H groups in total. The van der Waals surface area contributed by atoms with Gasteiger partial charge in [-0.05, 0) is 80.0 Å². The molecule has 1 unspecified atom stereocenters. The van der Waals surface area contributed by atoms with Crippen molar-refractivity contribution in [3.05, 3.63) is 53.7 Å². The van der Waals surface area contributed by atoms with E-state index in [0.717, 1.165) is 66.1 Å². The Labute approximate surface area is 217 Å². The first-order valence-corrected chi connectivity index (χ1v) is 13.4. The van der Waals surface area contributed by atoms with Gasteiger partial charge in [0.1, 0.15) is 0 Å². The summed E-state index contributed by atoms with van der Waals surface area (Å²) in [5, 5.41) is 7.40. The number of hydrogen-bond acceptors (Lipinski definition) is 6. The number of carbonyl (C=O) groups excluding carboxylic acids is 2. The van der Waals surface area contributed by atoms with Gasteiger partial charge in [-0.2, -0.15) is 0 Å². The number of anilines is 1. The number of nitrogens with one attached hydrogen (secondary N) is 2. The smallest absolute Gasteiger partial charge is 0.409 e. The average Bonchev–Trinajstić information content (AvgIpc) is 3.73. The van der Waals surface area contributed by atoms with Gasteiger partial charge in [0.15, 0.2) is 0 Å². The van der Waals surface area contributed by atoms with Crippen molar-refractivity contribution >= 4 is 28.9 Å². The number of likely N-dealkylation sites (tertiary alicyclic amines) is 1. The number of aromatic nitrogens is 2. The molecule has 0 bridgehead atoms. The molecular formula is C29H35N5O3. The molecule has 0 radical (unpaired) electrons. The molecule has 37 heavy (non-hydrogen) atoms. The molecule has 2 fully saturated rings. The third-order valence-corrected chi connectivity index (χ3v) is 7.04.